The Bertz CT molecular complexity index is 1120. The molecule has 0 aliphatic carbocycles. The lowest BCUT2D eigenvalue weighted by molar-refractivity contribution is -0.909. The zero-order chi connectivity index (χ0) is 29.4. The highest BCUT2D eigenvalue weighted by Crippen LogP contribution is 2.09. The number of benzene rings is 4. The van der Waals surface area contributed by atoms with Crippen LogP contribution in [-0.2, 0) is 4.79 Å². The first-order valence-electron chi connectivity index (χ1n) is 15.1. The van der Waals surface area contributed by atoms with Crippen LogP contribution in [0.25, 0.3) is 0 Å². The van der Waals surface area contributed by atoms with E-state index in [9.17, 15) is 4.79 Å². The number of rotatable bonds is 13. The van der Waals surface area contributed by atoms with E-state index >= 15 is 0 Å². The molecule has 0 bridgehead atoms. The fourth-order valence-corrected chi connectivity index (χ4v) is 6.28. The molecule has 4 heteroatoms. The van der Waals surface area contributed by atoms with E-state index < -0.39 is 6.15 Å². The predicted molar refractivity (Wildman–Crippen MR) is 179 cm³/mol. The van der Waals surface area contributed by atoms with Gasteiger partial charge in [-0.25, -0.2) is 0 Å². The van der Waals surface area contributed by atoms with Crippen molar-refractivity contribution in [3.8, 4) is 0 Å². The standard InChI is InChI=1S/C24H20B.C13H26N2O/c1-5-13-21(14-6-1)25(22-15-7-2-8-16-22,23-17-9-3-10-18-23)24-19-11-4-12-20-24;1-5-10-15(4,11-6-2)12-8-9-14-13(16)7-3/h1-20H;7H,3,5-6,8-12H2,1-2,4H3/q-1;/p+1. The highest BCUT2D eigenvalue weighted by atomic mass is 16.1. The summed E-state index contributed by atoms with van der Waals surface area (Å²) in [4.78, 5) is 11.0. The maximum absolute atomic E-state index is 11.0. The topological polar surface area (TPSA) is 29.1 Å². The minimum absolute atomic E-state index is 0.0693. The van der Waals surface area contributed by atoms with Crippen LogP contribution in [0.1, 0.15) is 33.1 Å². The summed E-state index contributed by atoms with van der Waals surface area (Å²) in [6.45, 7) is 12.2. The van der Waals surface area contributed by atoms with E-state index in [1.54, 1.807) is 0 Å². The Morgan fingerprint density at radius 1 is 0.659 bits per heavy atom. The van der Waals surface area contributed by atoms with Crippen molar-refractivity contribution in [2.24, 2.45) is 0 Å². The molecule has 0 unspecified atom stereocenters. The minimum atomic E-state index is -1.22. The largest absolute Gasteiger partial charge is 0.352 e. The average molecular weight is 547 g/mol. The van der Waals surface area contributed by atoms with Gasteiger partial charge in [0.25, 0.3) is 0 Å². The molecule has 1 amide bonds. The third-order valence-corrected chi connectivity index (χ3v) is 8.08. The molecule has 0 spiro atoms. The van der Waals surface area contributed by atoms with Gasteiger partial charge in [0, 0.05) is 13.0 Å². The minimum Gasteiger partial charge on any atom is -0.352 e. The maximum Gasteiger partial charge on any atom is 0.243 e. The van der Waals surface area contributed by atoms with Gasteiger partial charge in [-0.1, -0.05) is 142 Å². The first kappa shape index (κ1) is 31.6. The second-order valence-corrected chi connectivity index (χ2v) is 11.1. The summed E-state index contributed by atoms with van der Waals surface area (Å²) < 4.78 is 1.12. The Morgan fingerprint density at radius 2 is 1.00 bits per heavy atom. The Kier molecular flexibility index (Phi) is 12.7. The predicted octanol–water partition coefficient (Wildman–Crippen LogP) is 5.01. The summed E-state index contributed by atoms with van der Waals surface area (Å²) >= 11 is 0. The molecule has 4 aromatic rings. The molecule has 0 heterocycles. The van der Waals surface area contributed by atoms with Crippen molar-refractivity contribution in [1.82, 2.24) is 5.32 Å². The SMILES string of the molecule is C=CC(=O)NCCC[N+](C)(CCC)CCC.c1ccc([B-](c2ccccc2)(c2ccccc2)c2ccccc2)cc1. The van der Waals surface area contributed by atoms with Crippen molar-refractivity contribution in [1.29, 1.82) is 0 Å². The van der Waals surface area contributed by atoms with Crippen LogP contribution in [0.3, 0.4) is 0 Å². The Balaban J connectivity index is 0.000000253. The lowest BCUT2D eigenvalue weighted by atomic mass is 9.13. The number of nitrogens with zero attached hydrogens (tertiary/aromatic N) is 1. The molecule has 4 aromatic carbocycles. The van der Waals surface area contributed by atoms with Gasteiger partial charge in [-0.15, -0.1) is 0 Å². The first-order valence-corrected chi connectivity index (χ1v) is 15.1. The second-order valence-electron chi connectivity index (χ2n) is 11.1. The van der Waals surface area contributed by atoms with E-state index in [1.165, 1.54) is 53.9 Å². The van der Waals surface area contributed by atoms with Crippen LogP contribution in [0.15, 0.2) is 134 Å². The van der Waals surface area contributed by atoms with Gasteiger partial charge < -0.3 is 9.80 Å². The van der Waals surface area contributed by atoms with Gasteiger partial charge in [0.05, 0.1) is 26.7 Å². The third kappa shape index (κ3) is 8.55. The normalized spacial score (nSPS) is 11.2. The summed E-state index contributed by atoms with van der Waals surface area (Å²) in [5, 5.41) is 2.82. The number of quaternary nitrogens is 1. The second kappa shape index (κ2) is 16.4. The lowest BCUT2D eigenvalue weighted by Gasteiger charge is -2.44. The highest BCUT2D eigenvalue weighted by Gasteiger charge is 2.31. The summed E-state index contributed by atoms with van der Waals surface area (Å²) in [6, 6.07) is 43.5. The molecular formula is C37H47BN2O. The molecule has 41 heavy (non-hydrogen) atoms. The number of carbonyl (C=O) groups excluding carboxylic acids is 1. The quantitative estimate of drug-likeness (QED) is 0.109. The van der Waals surface area contributed by atoms with Crippen LogP contribution in [0, 0.1) is 0 Å². The van der Waals surface area contributed by atoms with Crippen molar-refractivity contribution in [3.05, 3.63) is 134 Å². The van der Waals surface area contributed by atoms with E-state index in [4.69, 9.17) is 0 Å². The average Bonchev–Trinajstić information content (AvgIpc) is 3.02. The summed E-state index contributed by atoms with van der Waals surface area (Å²) in [5.74, 6) is -0.0693. The molecule has 0 aliphatic heterocycles. The van der Waals surface area contributed by atoms with Crippen LogP contribution in [0.5, 0.6) is 0 Å². The molecule has 4 rings (SSSR count). The van der Waals surface area contributed by atoms with Gasteiger partial charge in [-0.05, 0) is 18.9 Å². The molecule has 1 N–H and O–H groups in total. The monoisotopic (exact) mass is 546 g/mol. The van der Waals surface area contributed by atoms with Gasteiger partial charge in [0.2, 0.25) is 5.91 Å². The number of hydrogen-bond donors (Lipinski definition) is 1. The van der Waals surface area contributed by atoms with Crippen LogP contribution in [0.4, 0.5) is 0 Å². The van der Waals surface area contributed by atoms with Gasteiger partial charge in [0.1, 0.15) is 6.15 Å². The molecule has 0 aliphatic rings. The van der Waals surface area contributed by atoms with Crippen LogP contribution >= 0.6 is 0 Å². The zero-order valence-electron chi connectivity index (χ0n) is 25.2. The van der Waals surface area contributed by atoms with Crippen molar-refractivity contribution in [2.45, 2.75) is 33.1 Å². The summed E-state index contributed by atoms with van der Waals surface area (Å²) in [5.41, 5.74) is 5.36. The molecule has 214 valence electrons. The molecule has 0 atom stereocenters. The third-order valence-electron chi connectivity index (χ3n) is 8.08. The van der Waals surface area contributed by atoms with Crippen LogP contribution in [-0.4, -0.2) is 49.8 Å². The van der Waals surface area contributed by atoms with Gasteiger partial charge in [-0.2, -0.15) is 21.9 Å². The van der Waals surface area contributed by atoms with Crippen molar-refractivity contribution >= 4 is 33.9 Å². The summed E-state index contributed by atoms with van der Waals surface area (Å²) in [7, 11) is 2.31. The first-order chi connectivity index (χ1) is 20.0. The molecule has 0 aromatic heterocycles. The van der Waals surface area contributed by atoms with Crippen LogP contribution < -0.4 is 27.2 Å². The molecule has 0 saturated carbocycles. The van der Waals surface area contributed by atoms with Gasteiger partial charge >= 0.3 is 0 Å². The number of carbonyl (C=O) groups is 1. The number of amides is 1. The van der Waals surface area contributed by atoms with Crippen molar-refractivity contribution < 1.29 is 9.28 Å². The molecule has 0 radical (unpaired) electrons. The zero-order valence-corrected chi connectivity index (χ0v) is 25.2. The van der Waals surface area contributed by atoms with Gasteiger partial charge in [-0.3, -0.25) is 4.79 Å². The molecule has 3 nitrogen and oxygen atoms in total. The Hall–Kier alpha value is -3.89. The number of nitrogens with one attached hydrogen (secondary N) is 1. The number of hydrogen-bond acceptors (Lipinski definition) is 1. The van der Waals surface area contributed by atoms with Crippen molar-refractivity contribution in [2.75, 3.05) is 33.2 Å². The van der Waals surface area contributed by atoms with E-state index in [2.05, 4.69) is 154 Å². The fourth-order valence-electron chi connectivity index (χ4n) is 6.28. The van der Waals surface area contributed by atoms with Gasteiger partial charge in [0.15, 0.2) is 0 Å². The molecule has 0 fully saturated rings. The van der Waals surface area contributed by atoms with E-state index in [0.717, 1.165) is 24.0 Å². The smallest absolute Gasteiger partial charge is 0.243 e. The Labute approximate surface area is 248 Å². The fraction of sp³-hybridized carbons (Fsp3) is 0.270. The van der Waals surface area contributed by atoms with E-state index in [-0.39, 0.29) is 5.91 Å². The molecule has 0 saturated heterocycles. The molecular weight excluding hydrogens is 499 g/mol. The van der Waals surface area contributed by atoms with Crippen molar-refractivity contribution in [3.63, 3.8) is 0 Å². The lowest BCUT2D eigenvalue weighted by Crippen LogP contribution is -2.74. The summed E-state index contributed by atoms with van der Waals surface area (Å²) in [6.07, 6.45) is 3.58. The van der Waals surface area contributed by atoms with E-state index in [0.29, 0.717) is 0 Å². The van der Waals surface area contributed by atoms with E-state index in [1.807, 2.05) is 0 Å². The highest BCUT2D eigenvalue weighted by molar-refractivity contribution is 7.19. The maximum atomic E-state index is 11.0. The Morgan fingerprint density at radius 3 is 1.29 bits per heavy atom. The van der Waals surface area contributed by atoms with Crippen LogP contribution in [0.2, 0.25) is 0 Å².